The molecule has 2 N–H and O–H groups in total. The van der Waals surface area contributed by atoms with Crippen molar-refractivity contribution in [3.05, 3.63) is 0 Å². The van der Waals surface area contributed by atoms with Gasteiger partial charge < -0.3 is 15.2 Å². The first kappa shape index (κ1) is 5.37. The number of amides is 1. The van der Waals surface area contributed by atoms with Gasteiger partial charge in [0, 0.05) is 6.54 Å². The van der Waals surface area contributed by atoms with Crippen LogP contribution in [0.1, 0.15) is 0 Å². The summed E-state index contributed by atoms with van der Waals surface area (Å²) in [5.74, 6) is 0. The molecular formula is C4H7NO3. The van der Waals surface area contributed by atoms with Crippen LogP contribution >= 0.6 is 0 Å². The molecule has 0 aliphatic carbocycles. The van der Waals surface area contributed by atoms with Crippen LogP contribution in [0.3, 0.4) is 0 Å². The molecule has 1 rings (SSSR count). The Balaban J connectivity index is 1.95. The van der Waals surface area contributed by atoms with Gasteiger partial charge in [0.25, 0.3) is 0 Å². The normalized spacial score (nSPS) is 24.8. The Kier molecular flexibility index (Phi) is 1.34. The lowest BCUT2D eigenvalue weighted by molar-refractivity contribution is 0.193. The molecule has 0 saturated carbocycles. The summed E-state index contributed by atoms with van der Waals surface area (Å²) in [6, 6.07) is 0. The van der Waals surface area contributed by atoms with Crippen LogP contribution in [0.2, 0.25) is 0 Å². The quantitative estimate of drug-likeness (QED) is 0.486. The second-order valence-electron chi connectivity index (χ2n) is 1.64. The zero-order valence-corrected chi connectivity index (χ0v) is 4.26. The van der Waals surface area contributed by atoms with Crippen molar-refractivity contribution >= 4 is 6.09 Å². The summed E-state index contributed by atoms with van der Waals surface area (Å²) in [5, 5.41) is 10.2. The van der Waals surface area contributed by atoms with Crippen LogP contribution in [0.4, 0.5) is 4.79 Å². The highest BCUT2D eigenvalue weighted by atomic mass is 16.6. The third-order valence-corrected chi connectivity index (χ3v) is 0.883. The summed E-state index contributed by atoms with van der Waals surface area (Å²) in [7, 11) is 0. The zero-order valence-electron chi connectivity index (χ0n) is 4.26. The Morgan fingerprint density at radius 2 is 2.62 bits per heavy atom. The topological polar surface area (TPSA) is 61.9 Å². The maximum atomic E-state index is 9.76. The predicted octanol–water partition coefficient (Wildman–Crippen LogP) is -0.347. The molecule has 8 heavy (non-hydrogen) atoms. The van der Waals surface area contributed by atoms with Crippen LogP contribution in [0.5, 0.6) is 0 Å². The number of rotatable bonds is 2. The lowest BCUT2D eigenvalue weighted by atomic mass is 10.5. The second kappa shape index (κ2) is 2.00. The number of epoxide rings is 1. The molecule has 0 aromatic rings. The first-order valence-electron chi connectivity index (χ1n) is 2.37. The fraction of sp³-hybridized carbons (Fsp3) is 0.750. The van der Waals surface area contributed by atoms with Crippen molar-refractivity contribution in [2.75, 3.05) is 13.2 Å². The van der Waals surface area contributed by atoms with E-state index >= 15 is 0 Å². The van der Waals surface area contributed by atoms with Crippen molar-refractivity contribution in [2.24, 2.45) is 0 Å². The second-order valence-corrected chi connectivity index (χ2v) is 1.64. The minimum Gasteiger partial charge on any atom is -0.465 e. The fourth-order valence-electron chi connectivity index (χ4n) is 0.387. The molecule has 46 valence electrons. The van der Waals surface area contributed by atoms with Crippen molar-refractivity contribution in [3.8, 4) is 0 Å². The van der Waals surface area contributed by atoms with Crippen LogP contribution in [-0.4, -0.2) is 30.5 Å². The Bertz CT molecular complexity index is 99.5. The highest BCUT2D eigenvalue weighted by molar-refractivity contribution is 5.64. The van der Waals surface area contributed by atoms with E-state index in [1.54, 1.807) is 0 Å². The lowest BCUT2D eigenvalue weighted by Gasteiger charge is -1.91. The third-order valence-electron chi connectivity index (χ3n) is 0.883. The molecule has 1 fully saturated rings. The Morgan fingerprint density at radius 3 is 3.00 bits per heavy atom. The van der Waals surface area contributed by atoms with Gasteiger partial charge >= 0.3 is 6.09 Å². The van der Waals surface area contributed by atoms with E-state index < -0.39 is 6.09 Å². The molecule has 0 aromatic carbocycles. The molecule has 1 heterocycles. The monoisotopic (exact) mass is 117 g/mol. The van der Waals surface area contributed by atoms with Gasteiger partial charge in [-0.15, -0.1) is 0 Å². The number of nitrogens with one attached hydrogen (secondary N) is 1. The van der Waals surface area contributed by atoms with E-state index in [1.807, 2.05) is 0 Å². The maximum absolute atomic E-state index is 9.76. The number of hydrogen-bond acceptors (Lipinski definition) is 2. The van der Waals surface area contributed by atoms with Crippen LogP contribution < -0.4 is 5.32 Å². The summed E-state index contributed by atoms with van der Waals surface area (Å²) in [6.07, 6.45) is -0.841. The molecule has 1 saturated heterocycles. The Hall–Kier alpha value is -0.770. The fourth-order valence-corrected chi connectivity index (χ4v) is 0.387. The molecule has 0 aromatic heterocycles. The average Bonchev–Trinajstić information content (AvgIpc) is 2.41. The van der Waals surface area contributed by atoms with E-state index in [2.05, 4.69) is 5.32 Å². The predicted molar refractivity (Wildman–Crippen MR) is 25.8 cm³/mol. The van der Waals surface area contributed by atoms with E-state index in [0.717, 1.165) is 0 Å². The van der Waals surface area contributed by atoms with Gasteiger partial charge in [0.1, 0.15) is 0 Å². The van der Waals surface area contributed by atoms with Crippen molar-refractivity contribution in [1.29, 1.82) is 0 Å². The van der Waals surface area contributed by atoms with Gasteiger partial charge in [-0.2, -0.15) is 0 Å². The SMILES string of the molecule is O=C(O)NCC1CO1. The van der Waals surface area contributed by atoms with Gasteiger partial charge in [-0.25, -0.2) is 4.79 Å². The highest BCUT2D eigenvalue weighted by Gasteiger charge is 2.22. The molecule has 4 heteroatoms. The van der Waals surface area contributed by atoms with Gasteiger partial charge in [0.05, 0.1) is 12.7 Å². The minimum atomic E-state index is -0.986. The summed E-state index contributed by atoms with van der Waals surface area (Å²) in [4.78, 5) is 9.76. The van der Waals surface area contributed by atoms with Crippen molar-refractivity contribution in [3.63, 3.8) is 0 Å². The van der Waals surface area contributed by atoms with Crippen LogP contribution in [0.25, 0.3) is 0 Å². The number of ether oxygens (including phenoxy) is 1. The van der Waals surface area contributed by atoms with Crippen molar-refractivity contribution in [1.82, 2.24) is 5.32 Å². The van der Waals surface area contributed by atoms with Gasteiger partial charge in [-0.3, -0.25) is 0 Å². The molecule has 1 amide bonds. The smallest absolute Gasteiger partial charge is 0.404 e. The number of carboxylic acid groups (broad SMARTS) is 1. The molecule has 1 atom stereocenters. The van der Waals surface area contributed by atoms with E-state index in [1.165, 1.54) is 0 Å². The Labute approximate surface area is 46.4 Å². The molecule has 0 bridgehead atoms. The molecular weight excluding hydrogens is 110 g/mol. The standard InChI is InChI=1S/C4H7NO3/c6-4(7)5-1-3-2-8-3/h3,5H,1-2H2,(H,6,7). The lowest BCUT2D eigenvalue weighted by Crippen LogP contribution is -2.25. The van der Waals surface area contributed by atoms with Crippen LogP contribution in [-0.2, 0) is 4.74 Å². The molecule has 1 aliphatic heterocycles. The number of hydrogen-bond donors (Lipinski definition) is 2. The van der Waals surface area contributed by atoms with E-state index in [-0.39, 0.29) is 6.10 Å². The summed E-state index contributed by atoms with van der Waals surface area (Å²) in [5.41, 5.74) is 0. The first-order valence-corrected chi connectivity index (χ1v) is 2.37. The molecule has 1 unspecified atom stereocenters. The highest BCUT2D eigenvalue weighted by Crippen LogP contribution is 2.05. The van der Waals surface area contributed by atoms with Crippen molar-refractivity contribution < 1.29 is 14.6 Å². The Morgan fingerprint density at radius 1 is 2.00 bits per heavy atom. The summed E-state index contributed by atoms with van der Waals surface area (Å²) < 4.78 is 4.73. The summed E-state index contributed by atoms with van der Waals surface area (Å²) in [6.45, 7) is 1.12. The van der Waals surface area contributed by atoms with Gasteiger partial charge in [-0.1, -0.05) is 0 Å². The molecule has 0 radical (unpaired) electrons. The maximum Gasteiger partial charge on any atom is 0.404 e. The van der Waals surface area contributed by atoms with Crippen molar-refractivity contribution in [2.45, 2.75) is 6.10 Å². The largest absolute Gasteiger partial charge is 0.465 e. The van der Waals surface area contributed by atoms with E-state index in [4.69, 9.17) is 9.84 Å². The summed E-state index contributed by atoms with van der Waals surface area (Å²) >= 11 is 0. The van der Waals surface area contributed by atoms with Crippen LogP contribution in [0, 0.1) is 0 Å². The minimum absolute atomic E-state index is 0.145. The molecule has 4 nitrogen and oxygen atoms in total. The van der Waals surface area contributed by atoms with Crippen LogP contribution in [0.15, 0.2) is 0 Å². The van der Waals surface area contributed by atoms with E-state index in [9.17, 15) is 4.79 Å². The van der Waals surface area contributed by atoms with E-state index in [0.29, 0.717) is 13.2 Å². The average molecular weight is 117 g/mol. The first-order chi connectivity index (χ1) is 3.79. The van der Waals surface area contributed by atoms with Gasteiger partial charge in [0.2, 0.25) is 0 Å². The van der Waals surface area contributed by atoms with Gasteiger partial charge in [0.15, 0.2) is 0 Å². The van der Waals surface area contributed by atoms with Gasteiger partial charge in [-0.05, 0) is 0 Å². The number of carbonyl (C=O) groups is 1. The third kappa shape index (κ3) is 1.79. The molecule has 0 spiro atoms. The zero-order chi connectivity index (χ0) is 5.98. The molecule has 1 aliphatic rings.